The van der Waals surface area contributed by atoms with Crippen LogP contribution in [0.25, 0.3) is 10.9 Å². The molecule has 5 nitrogen and oxygen atoms in total. The molecule has 1 amide bonds. The summed E-state index contributed by atoms with van der Waals surface area (Å²) in [6.45, 7) is 6.94. The average Bonchev–Trinajstić information content (AvgIpc) is 2.69. The van der Waals surface area contributed by atoms with Gasteiger partial charge in [-0.2, -0.15) is 0 Å². The van der Waals surface area contributed by atoms with Crippen molar-refractivity contribution in [1.82, 2.24) is 10.3 Å². The Kier molecular flexibility index (Phi) is 5.91. The van der Waals surface area contributed by atoms with Gasteiger partial charge < -0.3 is 14.8 Å². The van der Waals surface area contributed by atoms with Crippen LogP contribution in [-0.2, 0) is 0 Å². The number of pyridine rings is 1. The summed E-state index contributed by atoms with van der Waals surface area (Å²) in [4.78, 5) is 17.1. The zero-order valence-electron chi connectivity index (χ0n) is 15.9. The van der Waals surface area contributed by atoms with Crippen molar-refractivity contribution < 1.29 is 14.3 Å². The first-order valence-electron chi connectivity index (χ1n) is 9.18. The fraction of sp³-hybridized carbons (Fsp3) is 0.273. The van der Waals surface area contributed by atoms with E-state index in [0.717, 1.165) is 16.5 Å². The van der Waals surface area contributed by atoms with Crippen molar-refractivity contribution in [2.45, 2.75) is 26.8 Å². The minimum absolute atomic E-state index is 0.132. The smallest absolute Gasteiger partial charge is 0.252 e. The summed E-state index contributed by atoms with van der Waals surface area (Å²) in [7, 11) is 0. The fourth-order valence-electron chi connectivity index (χ4n) is 3.00. The van der Waals surface area contributed by atoms with Crippen LogP contribution in [0.4, 0.5) is 0 Å². The number of aromatic nitrogens is 1. The van der Waals surface area contributed by atoms with Gasteiger partial charge in [0.2, 0.25) is 0 Å². The molecule has 0 fully saturated rings. The molecule has 0 bridgehead atoms. The van der Waals surface area contributed by atoms with Gasteiger partial charge in [-0.25, -0.2) is 0 Å². The Balaban J connectivity index is 1.83. The summed E-state index contributed by atoms with van der Waals surface area (Å²) in [6, 6.07) is 14.9. The topological polar surface area (TPSA) is 60.5 Å². The number of hydrogen-bond donors (Lipinski definition) is 1. The van der Waals surface area contributed by atoms with E-state index >= 15 is 0 Å². The van der Waals surface area contributed by atoms with Crippen LogP contribution < -0.4 is 14.8 Å². The molecular weight excluding hydrogens is 340 g/mol. The lowest BCUT2D eigenvalue weighted by Crippen LogP contribution is -2.26. The zero-order valence-corrected chi connectivity index (χ0v) is 15.9. The quantitative estimate of drug-likeness (QED) is 0.669. The highest BCUT2D eigenvalue weighted by atomic mass is 16.5. The van der Waals surface area contributed by atoms with Gasteiger partial charge in [0, 0.05) is 17.1 Å². The average molecular weight is 364 g/mol. The van der Waals surface area contributed by atoms with Gasteiger partial charge in [-0.15, -0.1) is 0 Å². The molecule has 0 saturated carbocycles. The number of carbonyl (C=O) groups excluding carboxylic acids is 1. The molecule has 0 saturated heterocycles. The summed E-state index contributed by atoms with van der Waals surface area (Å²) < 4.78 is 11.3. The third-order valence-corrected chi connectivity index (χ3v) is 4.31. The van der Waals surface area contributed by atoms with Gasteiger partial charge in [0.15, 0.2) is 11.5 Å². The Labute approximate surface area is 159 Å². The molecule has 5 heteroatoms. The molecule has 1 N–H and O–H groups in total. The lowest BCUT2D eigenvalue weighted by Gasteiger charge is -2.18. The lowest BCUT2D eigenvalue weighted by molar-refractivity contribution is 0.0941. The number of fused-ring (bicyclic) bond motifs is 1. The Morgan fingerprint density at radius 3 is 2.59 bits per heavy atom. The van der Waals surface area contributed by atoms with Gasteiger partial charge in [-0.05, 0) is 56.7 Å². The van der Waals surface area contributed by atoms with Crippen LogP contribution in [0, 0.1) is 0 Å². The van der Waals surface area contributed by atoms with Crippen LogP contribution in [0.15, 0.2) is 54.7 Å². The molecule has 140 valence electrons. The molecule has 1 aromatic heterocycles. The highest BCUT2D eigenvalue weighted by molar-refractivity contribution is 6.06. The van der Waals surface area contributed by atoms with Crippen molar-refractivity contribution in [2.75, 3.05) is 13.2 Å². The molecule has 0 aliphatic rings. The van der Waals surface area contributed by atoms with E-state index in [1.807, 2.05) is 69.3 Å². The molecule has 3 aromatic rings. The SMILES string of the molecule is CCOc1ccc(C(C)NC(=O)c2cccc3ncccc23)cc1OCC. The number of hydrogen-bond acceptors (Lipinski definition) is 4. The van der Waals surface area contributed by atoms with Crippen molar-refractivity contribution >= 4 is 16.8 Å². The first kappa shape index (κ1) is 18.7. The van der Waals surface area contributed by atoms with E-state index in [2.05, 4.69) is 10.3 Å². The molecule has 1 atom stereocenters. The summed E-state index contributed by atoms with van der Waals surface area (Å²) in [5.74, 6) is 1.27. The van der Waals surface area contributed by atoms with E-state index in [9.17, 15) is 4.79 Å². The minimum atomic E-state index is -0.181. The van der Waals surface area contributed by atoms with Crippen molar-refractivity contribution in [3.63, 3.8) is 0 Å². The molecule has 1 heterocycles. The molecule has 0 spiro atoms. The number of benzene rings is 2. The van der Waals surface area contributed by atoms with E-state index < -0.39 is 0 Å². The van der Waals surface area contributed by atoms with E-state index in [4.69, 9.17) is 9.47 Å². The molecule has 2 aromatic carbocycles. The van der Waals surface area contributed by atoms with E-state index in [1.54, 1.807) is 6.20 Å². The molecular formula is C22H24N2O3. The Bertz CT molecular complexity index is 934. The van der Waals surface area contributed by atoms with E-state index in [-0.39, 0.29) is 11.9 Å². The maximum absolute atomic E-state index is 12.8. The third kappa shape index (κ3) is 4.19. The lowest BCUT2D eigenvalue weighted by atomic mass is 10.0. The molecule has 0 aliphatic heterocycles. The highest BCUT2D eigenvalue weighted by Gasteiger charge is 2.16. The maximum Gasteiger partial charge on any atom is 0.252 e. The van der Waals surface area contributed by atoms with Gasteiger partial charge in [-0.1, -0.05) is 18.2 Å². The van der Waals surface area contributed by atoms with Crippen LogP contribution in [0.5, 0.6) is 11.5 Å². The maximum atomic E-state index is 12.8. The highest BCUT2D eigenvalue weighted by Crippen LogP contribution is 2.31. The second-order valence-corrected chi connectivity index (χ2v) is 6.14. The van der Waals surface area contributed by atoms with Crippen molar-refractivity contribution in [2.24, 2.45) is 0 Å². The monoisotopic (exact) mass is 364 g/mol. The minimum Gasteiger partial charge on any atom is -0.490 e. The van der Waals surface area contributed by atoms with Gasteiger partial charge in [0.05, 0.1) is 24.8 Å². The summed E-state index contributed by atoms with van der Waals surface area (Å²) in [5.41, 5.74) is 2.37. The number of amides is 1. The van der Waals surface area contributed by atoms with Crippen molar-refractivity contribution in [3.05, 3.63) is 65.9 Å². The molecule has 0 aliphatic carbocycles. The normalized spacial score (nSPS) is 11.8. The van der Waals surface area contributed by atoms with Gasteiger partial charge >= 0.3 is 0 Å². The zero-order chi connectivity index (χ0) is 19.2. The Hall–Kier alpha value is -3.08. The van der Waals surface area contributed by atoms with Crippen LogP contribution in [0.3, 0.4) is 0 Å². The first-order valence-corrected chi connectivity index (χ1v) is 9.18. The molecule has 0 radical (unpaired) electrons. The predicted molar refractivity (Wildman–Crippen MR) is 106 cm³/mol. The number of nitrogens with zero attached hydrogens (tertiary/aromatic N) is 1. The summed E-state index contributed by atoms with van der Waals surface area (Å²) in [5, 5.41) is 3.90. The number of rotatable bonds is 7. The Morgan fingerprint density at radius 1 is 1.04 bits per heavy atom. The van der Waals surface area contributed by atoms with Gasteiger partial charge in [-0.3, -0.25) is 9.78 Å². The molecule has 1 unspecified atom stereocenters. The van der Waals surface area contributed by atoms with Crippen LogP contribution in [-0.4, -0.2) is 24.1 Å². The molecule has 3 rings (SSSR count). The second-order valence-electron chi connectivity index (χ2n) is 6.14. The van der Waals surface area contributed by atoms with E-state index in [0.29, 0.717) is 30.3 Å². The van der Waals surface area contributed by atoms with Crippen molar-refractivity contribution in [1.29, 1.82) is 0 Å². The number of carbonyl (C=O) groups is 1. The third-order valence-electron chi connectivity index (χ3n) is 4.31. The standard InChI is InChI=1S/C22H24N2O3/c1-4-26-20-12-11-16(14-21(20)27-5-2)15(3)24-22(25)18-8-6-10-19-17(18)9-7-13-23-19/h6-15H,4-5H2,1-3H3,(H,24,25). The largest absolute Gasteiger partial charge is 0.490 e. The van der Waals surface area contributed by atoms with E-state index in [1.165, 1.54) is 0 Å². The van der Waals surface area contributed by atoms with Gasteiger partial charge in [0.25, 0.3) is 5.91 Å². The van der Waals surface area contributed by atoms with Crippen LogP contribution in [0.1, 0.15) is 42.7 Å². The second kappa shape index (κ2) is 8.54. The summed E-state index contributed by atoms with van der Waals surface area (Å²) in [6.07, 6.45) is 1.72. The fourth-order valence-corrected chi connectivity index (χ4v) is 3.00. The number of nitrogens with one attached hydrogen (secondary N) is 1. The van der Waals surface area contributed by atoms with Crippen LogP contribution >= 0.6 is 0 Å². The van der Waals surface area contributed by atoms with Gasteiger partial charge in [0.1, 0.15) is 0 Å². The first-order chi connectivity index (χ1) is 13.1. The predicted octanol–water partition coefficient (Wildman–Crippen LogP) is 4.52. The Morgan fingerprint density at radius 2 is 1.81 bits per heavy atom. The summed E-state index contributed by atoms with van der Waals surface area (Å²) >= 11 is 0. The van der Waals surface area contributed by atoms with Crippen LogP contribution in [0.2, 0.25) is 0 Å². The molecule has 27 heavy (non-hydrogen) atoms. The number of ether oxygens (including phenoxy) is 2. The van der Waals surface area contributed by atoms with Crippen molar-refractivity contribution in [3.8, 4) is 11.5 Å².